The van der Waals surface area contributed by atoms with Gasteiger partial charge in [0.1, 0.15) is 0 Å². The molecular formula is C13H15N3O. The molecule has 2 rings (SSSR count). The van der Waals surface area contributed by atoms with Gasteiger partial charge in [-0.1, -0.05) is 5.57 Å². The molecule has 1 aliphatic rings. The summed E-state index contributed by atoms with van der Waals surface area (Å²) in [5, 5.41) is 8.60. The Bertz CT molecular complexity index is 452. The van der Waals surface area contributed by atoms with E-state index in [1.165, 1.54) is 5.57 Å². The lowest BCUT2D eigenvalue weighted by atomic mass is 10.0. The van der Waals surface area contributed by atoms with Gasteiger partial charge >= 0.3 is 0 Å². The molecule has 0 atom stereocenters. The number of anilines is 1. The Kier molecular flexibility index (Phi) is 3.61. The molecule has 0 unspecified atom stereocenters. The minimum absolute atomic E-state index is 0.640. The van der Waals surface area contributed by atoms with Crippen LogP contribution in [0.1, 0.15) is 12.8 Å². The number of ether oxygens (including phenoxy) is 1. The first-order valence-corrected chi connectivity index (χ1v) is 5.66. The van der Waals surface area contributed by atoms with E-state index in [1.807, 2.05) is 12.1 Å². The van der Waals surface area contributed by atoms with Gasteiger partial charge in [0.05, 0.1) is 13.2 Å². The Hall–Kier alpha value is -2.02. The van der Waals surface area contributed by atoms with Crippen LogP contribution in [-0.2, 0) is 0 Å². The summed E-state index contributed by atoms with van der Waals surface area (Å²) in [6.07, 6.45) is 5.34. The molecule has 4 heteroatoms. The second-order valence-electron chi connectivity index (χ2n) is 3.98. The highest BCUT2D eigenvalue weighted by Gasteiger charge is 2.14. The average molecular weight is 229 g/mol. The fraction of sp³-hybridized carbons (Fsp3) is 0.385. The van der Waals surface area contributed by atoms with Crippen molar-refractivity contribution in [2.75, 3.05) is 25.1 Å². The van der Waals surface area contributed by atoms with E-state index in [2.05, 4.69) is 16.0 Å². The Morgan fingerprint density at radius 3 is 2.88 bits per heavy atom. The largest absolute Gasteiger partial charge is 0.481 e. The summed E-state index contributed by atoms with van der Waals surface area (Å²) in [4.78, 5) is 6.38. The van der Waals surface area contributed by atoms with E-state index in [0.29, 0.717) is 5.88 Å². The van der Waals surface area contributed by atoms with E-state index in [0.717, 1.165) is 31.6 Å². The summed E-state index contributed by atoms with van der Waals surface area (Å²) in [6.45, 7) is 1.89. The zero-order valence-corrected chi connectivity index (χ0v) is 9.89. The topological polar surface area (TPSA) is 49.1 Å². The van der Waals surface area contributed by atoms with Gasteiger partial charge in [-0.2, -0.15) is 5.26 Å². The first-order chi connectivity index (χ1) is 8.33. The van der Waals surface area contributed by atoms with Crippen LogP contribution in [0.3, 0.4) is 0 Å². The minimum atomic E-state index is 0.640. The predicted molar refractivity (Wildman–Crippen MR) is 65.9 cm³/mol. The van der Waals surface area contributed by atoms with E-state index >= 15 is 0 Å². The van der Waals surface area contributed by atoms with Crippen LogP contribution < -0.4 is 9.64 Å². The van der Waals surface area contributed by atoms with E-state index in [-0.39, 0.29) is 0 Å². The number of nitrogens with zero attached hydrogens (tertiary/aromatic N) is 3. The Morgan fingerprint density at radius 1 is 1.47 bits per heavy atom. The van der Waals surface area contributed by atoms with Gasteiger partial charge in [0.2, 0.25) is 5.88 Å². The molecule has 1 saturated heterocycles. The van der Waals surface area contributed by atoms with Crippen molar-refractivity contribution in [3.8, 4) is 11.9 Å². The molecule has 1 aliphatic heterocycles. The highest BCUT2D eigenvalue weighted by molar-refractivity contribution is 5.49. The van der Waals surface area contributed by atoms with Crippen LogP contribution in [0.5, 0.6) is 5.88 Å². The third kappa shape index (κ3) is 2.76. The summed E-state index contributed by atoms with van der Waals surface area (Å²) >= 11 is 0. The summed E-state index contributed by atoms with van der Waals surface area (Å²) in [7, 11) is 1.62. The van der Waals surface area contributed by atoms with Gasteiger partial charge in [-0.3, -0.25) is 0 Å². The number of nitriles is 1. The number of aromatic nitrogens is 1. The predicted octanol–water partition coefficient (Wildman–Crippen LogP) is 2.14. The molecule has 1 aromatic heterocycles. The first kappa shape index (κ1) is 11.5. The molecule has 2 heterocycles. The summed E-state index contributed by atoms with van der Waals surface area (Å²) < 4.78 is 5.11. The van der Waals surface area contributed by atoms with Crippen molar-refractivity contribution in [1.29, 1.82) is 5.26 Å². The zero-order chi connectivity index (χ0) is 12.1. The van der Waals surface area contributed by atoms with Crippen molar-refractivity contribution < 1.29 is 4.74 Å². The second kappa shape index (κ2) is 5.35. The van der Waals surface area contributed by atoms with Gasteiger partial charge in [-0.05, 0) is 18.9 Å². The van der Waals surface area contributed by atoms with Gasteiger partial charge in [-0.15, -0.1) is 0 Å². The maximum atomic E-state index is 8.60. The van der Waals surface area contributed by atoms with E-state index in [4.69, 9.17) is 10.00 Å². The number of hydrogen-bond donors (Lipinski definition) is 0. The monoisotopic (exact) mass is 229 g/mol. The molecule has 88 valence electrons. The molecule has 0 aromatic carbocycles. The van der Waals surface area contributed by atoms with Crippen LogP contribution in [0.4, 0.5) is 5.69 Å². The third-order valence-corrected chi connectivity index (χ3v) is 2.97. The fourth-order valence-corrected chi connectivity index (χ4v) is 2.00. The van der Waals surface area contributed by atoms with Crippen LogP contribution in [0.15, 0.2) is 30.0 Å². The maximum Gasteiger partial charge on any atom is 0.214 e. The average Bonchev–Trinajstić information content (AvgIpc) is 2.40. The van der Waals surface area contributed by atoms with E-state index in [1.54, 1.807) is 19.4 Å². The van der Waals surface area contributed by atoms with Crippen molar-refractivity contribution in [3.63, 3.8) is 0 Å². The summed E-state index contributed by atoms with van der Waals surface area (Å²) in [5.74, 6) is 0.640. The Morgan fingerprint density at radius 2 is 2.24 bits per heavy atom. The van der Waals surface area contributed by atoms with Crippen molar-refractivity contribution in [3.05, 3.63) is 30.0 Å². The molecule has 4 nitrogen and oxygen atoms in total. The molecule has 0 N–H and O–H groups in total. The van der Waals surface area contributed by atoms with Crippen LogP contribution in [0.2, 0.25) is 0 Å². The van der Waals surface area contributed by atoms with E-state index in [9.17, 15) is 0 Å². The Labute approximate surface area is 101 Å². The lowest BCUT2D eigenvalue weighted by Crippen LogP contribution is -2.30. The number of pyridine rings is 1. The lowest BCUT2D eigenvalue weighted by molar-refractivity contribution is 0.398. The summed E-state index contributed by atoms with van der Waals surface area (Å²) in [5.41, 5.74) is 2.37. The van der Waals surface area contributed by atoms with Crippen LogP contribution in [-0.4, -0.2) is 25.2 Å². The van der Waals surface area contributed by atoms with Gasteiger partial charge in [0.15, 0.2) is 0 Å². The van der Waals surface area contributed by atoms with Gasteiger partial charge in [0.25, 0.3) is 0 Å². The molecular weight excluding hydrogens is 214 g/mol. The maximum absolute atomic E-state index is 8.60. The van der Waals surface area contributed by atoms with Gasteiger partial charge in [0, 0.05) is 37.1 Å². The highest BCUT2D eigenvalue weighted by Crippen LogP contribution is 2.24. The van der Waals surface area contributed by atoms with Crippen molar-refractivity contribution >= 4 is 5.69 Å². The molecule has 1 fully saturated rings. The molecule has 0 bridgehead atoms. The number of piperidine rings is 1. The Balaban J connectivity index is 2.05. The third-order valence-electron chi connectivity index (χ3n) is 2.97. The molecule has 0 spiro atoms. The summed E-state index contributed by atoms with van der Waals surface area (Å²) in [6, 6.07) is 6.03. The standard InChI is InChI=1S/C13H15N3O/c1-17-13-10-12(3-7-15-13)16-8-4-11(2-6-14)5-9-16/h2-3,7,10H,4-5,8-9H2,1H3. The van der Waals surface area contributed by atoms with Crippen molar-refractivity contribution in [2.24, 2.45) is 0 Å². The second-order valence-corrected chi connectivity index (χ2v) is 3.98. The zero-order valence-electron chi connectivity index (χ0n) is 9.89. The number of methoxy groups -OCH3 is 1. The molecule has 0 amide bonds. The number of allylic oxidation sites excluding steroid dienone is 1. The SMILES string of the molecule is COc1cc(N2CCC(=CC#N)CC2)ccn1. The van der Waals surface area contributed by atoms with Gasteiger partial charge in [-0.25, -0.2) is 4.98 Å². The molecule has 17 heavy (non-hydrogen) atoms. The molecule has 0 saturated carbocycles. The van der Waals surface area contributed by atoms with Crippen LogP contribution in [0.25, 0.3) is 0 Å². The lowest BCUT2D eigenvalue weighted by Gasteiger charge is -2.30. The first-order valence-electron chi connectivity index (χ1n) is 5.66. The molecule has 0 radical (unpaired) electrons. The van der Waals surface area contributed by atoms with Gasteiger partial charge < -0.3 is 9.64 Å². The van der Waals surface area contributed by atoms with Crippen LogP contribution >= 0.6 is 0 Å². The smallest absolute Gasteiger partial charge is 0.214 e. The minimum Gasteiger partial charge on any atom is -0.481 e. The van der Waals surface area contributed by atoms with Crippen molar-refractivity contribution in [1.82, 2.24) is 4.98 Å². The normalized spacial score (nSPS) is 15.3. The number of hydrogen-bond acceptors (Lipinski definition) is 4. The fourth-order valence-electron chi connectivity index (χ4n) is 2.00. The highest BCUT2D eigenvalue weighted by atomic mass is 16.5. The number of rotatable bonds is 2. The molecule has 0 aliphatic carbocycles. The van der Waals surface area contributed by atoms with Crippen LogP contribution in [0, 0.1) is 11.3 Å². The van der Waals surface area contributed by atoms with Crippen molar-refractivity contribution in [2.45, 2.75) is 12.8 Å². The quantitative estimate of drug-likeness (QED) is 0.729. The van der Waals surface area contributed by atoms with E-state index < -0.39 is 0 Å². The molecule has 1 aromatic rings.